The molecule has 2 aliphatic rings. The Morgan fingerprint density at radius 3 is 2.35 bits per heavy atom. The van der Waals surface area contributed by atoms with Crippen LogP contribution in [0.2, 0.25) is 10.0 Å². The zero-order chi connectivity index (χ0) is 37.1. The number of rotatable bonds is 8. The van der Waals surface area contributed by atoms with Crippen LogP contribution < -0.4 is 31.9 Å². The number of nitrogens with zero attached hydrogens (tertiary/aromatic N) is 5. The molecule has 270 valence electrons. The number of carbonyl (C=O) groups is 1. The van der Waals surface area contributed by atoms with Crippen molar-refractivity contribution < 1.29 is 22.7 Å². The molecule has 2 aromatic carbocycles. The average Bonchev–Trinajstić information content (AvgIpc) is 3.74. The van der Waals surface area contributed by atoms with Gasteiger partial charge in [-0.1, -0.05) is 53.5 Å². The second-order valence-corrected chi connectivity index (χ2v) is 13.4. The van der Waals surface area contributed by atoms with E-state index in [0.29, 0.717) is 46.3 Å². The van der Waals surface area contributed by atoms with Crippen LogP contribution in [0.3, 0.4) is 0 Å². The number of anilines is 2. The number of hydrogen-bond donors (Lipinski definition) is 3. The molecule has 1 aliphatic heterocycles. The molecule has 1 unspecified atom stereocenters. The van der Waals surface area contributed by atoms with E-state index < -0.39 is 34.7 Å². The molecule has 12 nitrogen and oxygen atoms in total. The first-order valence-electron chi connectivity index (χ1n) is 16.3. The Kier molecular flexibility index (Phi) is 9.21. The summed E-state index contributed by atoms with van der Waals surface area (Å²) < 4.78 is 49.0. The van der Waals surface area contributed by atoms with Gasteiger partial charge in [0.1, 0.15) is 11.2 Å². The number of carbonyl (C=O) groups excluding carboxylic acids is 1. The van der Waals surface area contributed by atoms with Crippen LogP contribution in [-0.4, -0.2) is 49.7 Å². The fourth-order valence-electron chi connectivity index (χ4n) is 6.80. The number of pyridine rings is 1. The van der Waals surface area contributed by atoms with E-state index in [9.17, 15) is 27.6 Å². The van der Waals surface area contributed by atoms with Crippen LogP contribution in [0.25, 0.3) is 33.4 Å². The molecule has 1 saturated heterocycles. The van der Waals surface area contributed by atoms with Crippen LogP contribution in [0, 0.1) is 0 Å². The lowest BCUT2D eigenvalue weighted by molar-refractivity contribution is -0.144. The normalized spacial score (nSPS) is 17.0. The van der Waals surface area contributed by atoms with Crippen molar-refractivity contribution in [2.75, 3.05) is 19.0 Å². The van der Waals surface area contributed by atoms with Crippen LogP contribution in [-0.2, 0) is 31.5 Å². The van der Waals surface area contributed by atoms with Gasteiger partial charge >= 0.3 is 11.9 Å². The molecule has 0 bridgehead atoms. The molecule has 1 fully saturated rings. The highest BCUT2D eigenvalue weighted by atomic mass is 35.5. The minimum atomic E-state index is -4.98. The number of nitrogens with one attached hydrogen (secondary N) is 3. The fourth-order valence-corrected chi connectivity index (χ4v) is 7.40. The summed E-state index contributed by atoms with van der Waals surface area (Å²) in [6.07, 6.45) is -2.06. The van der Waals surface area contributed by atoms with Gasteiger partial charge in [-0.05, 0) is 37.0 Å². The summed E-state index contributed by atoms with van der Waals surface area (Å²) in [5.74, 6) is -1.51. The molecule has 1 amide bonds. The second kappa shape index (κ2) is 13.5. The highest BCUT2D eigenvalue weighted by Gasteiger charge is 2.37. The molecule has 0 spiro atoms. The summed E-state index contributed by atoms with van der Waals surface area (Å²) in [5, 5.41) is 9.38. The predicted molar refractivity (Wildman–Crippen MR) is 190 cm³/mol. The Morgan fingerprint density at radius 2 is 1.65 bits per heavy atom. The maximum atomic E-state index is 13.9. The molecule has 1 aliphatic carbocycles. The topological polar surface area (TPSA) is 145 Å². The number of hydrogen-bond acceptors (Lipinski definition) is 9. The molecule has 7 rings (SSSR count). The molecule has 0 radical (unpaired) electrons. The molecule has 0 saturated carbocycles. The van der Waals surface area contributed by atoms with Crippen molar-refractivity contribution in [3.63, 3.8) is 0 Å². The van der Waals surface area contributed by atoms with Crippen molar-refractivity contribution in [2.24, 2.45) is 14.1 Å². The van der Waals surface area contributed by atoms with E-state index in [2.05, 4.69) is 25.9 Å². The number of aryl methyl sites for hydroxylation is 2. The first kappa shape index (κ1) is 35.4. The fraction of sp³-hybridized carbons (Fsp3) is 0.314. The molecule has 52 heavy (non-hydrogen) atoms. The molecule has 5 aromatic rings. The van der Waals surface area contributed by atoms with Crippen molar-refractivity contribution in [3.8, 4) is 28.3 Å². The molecule has 4 heterocycles. The number of methoxy groups -OCH3 is 1. The van der Waals surface area contributed by atoms with Crippen LogP contribution in [0.4, 0.5) is 24.7 Å². The lowest BCUT2D eigenvalue weighted by atomic mass is 9.99. The van der Waals surface area contributed by atoms with Crippen molar-refractivity contribution >= 4 is 51.6 Å². The van der Waals surface area contributed by atoms with Gasteiger partial charge in [-0.2, -0.15) is 13.2 Å². The summed E-state index contributed by atoms with van der Waals surface area (Å²) in [5.41, 5.74) is 2.02. The minimum absolute atomic E-state index is 0.00383. The SMILES string of the molecule is COc1nc(-c2cccc(-c3cccc(Nc4nc(C(F)(F)F)nc5c4c(=O)n(C)c(=O)n5C)c3Cl)c2Cl)cc2c1C(NC[C@@H]1CCC(=O)N1)CC2. The maximum absolute atomic E-state index is 13.9. The number of aromatic nitrogens is 5. The van der Waals surface area contributed by atoms with Crippen molar-refractivity contribution in [3.05, 3.63) is 90.3 Å². The molecule has 3 N–H and O–H groups in total. The lowest BCUT2D eigenvalue weighted by Crippen LogP contribution is -2.38. The van der Waals surface area contributed by atoms with Crippen LogP contribution in [0.1, 0.15) is 42.3 Å². The Hall–Kier alpha value is -4.99. The van der Waals surface area contributed by atoms with E-state index in [-0.39, 0.29) is 34.1 Å². The number of amides is 1. The third-order valence-electron chi connectivity index (χ3n) is 9.42. The van der Waals surface area contributed by atoms with Crippen LogP contribution in [0.5, 0.6) is 5.88 Å². The summed E-state index contributed by atoms with van der Waals surface area (Å²) in [7, 11) is 3.97. The summed E-state index contributed by atoms with van der Waals surface area (Å²) >= 11 is 14.0. The third kappa shape index (κ3) is 6.26. The van der Waals surface area contributed by atoms with Gasteiger partial charge in [0.05, 0.1) is 28.5 Å². The largest absolute Gasteiger partial charge is 0.481 e. The molecule has 3 aromatic heterocycles. The van der Waals surface area contributed by atoms with Gasteiger partial charge in [0.25, 0.3) is 5.56 Å². The number of alkyl halides is 3. The highest BCUT2D eigenvalue weighted by molar-refractivity contribution is 6.39. The monoisotopic (exact) mass is 754 g/mol. The van der Waals surface area contributed by atoms with Gasteiger partial charge in [-0.3, -0.25) is 18.7 Å². The number of benzene rings is 2. The van der Waals surface area contributed by atoms with Gasteiger partial charge in [-0.25, -0.2) is 19.7 Å². The second-order valence-electron chi connectivity index (χ2n) is 12.6. The number of fused-ring (bicyclic) bond motifs is 2. The number of ether oxygens (including phenoxy) is 1. The van der Waals surface area contributed by atoms with E-state index in [1.54, 1.807) is 31.4 Å². The Bertz CT molecular complexity index is 2400. The van der Waals surface area contributed by atoms with E-state index >= 15 is 0 Å². The van der Waals surface area contributed by atoms with E-state index in [1.807, 2.05) is 12.1 Å². The van der Waals surface area contributed by atoms with Gasteiger partial charge in [0.2, 0.25) is 17.6 Å². The summed E-state index contributed by atoms with van der Waals surface area (Å²) in [6.45, 7) is 0.635. The van der Waals surface area contributed by atoms with Gasteiger partial charge < -0.3 is 20.7 Å². The van der Waals surface area contributed by atoms with E-state index in [1.165, 1.54) is 20.2 Å². The summed E-state index contributed by atoms with van der Waals surface area (Å²) in [6, 6.07) is 12.2. The summed E-state index contributed by atoms with van der Waals surface area (Å²) in [4.78, 5) is 49.3. The van der Waals surface area contributed by atoms with Crippen molar-refractivity contribution in [2.45, 2.75) is 43.9 Å². The average molecular weight is 756 g/mol. The van der Waals surface area contributed by atoms with Crippen molar-refractivity contribution in [1.29, 1.82) is 0 Å². The zero-order valence-electron chi connectivity index (χ0n) is 28.0. The van der Waals surface area contributed by atoms with Crippen LogP contribution >= 0.6 is 23.2 Å². The standard InChI is InChI=1S/C35H31Cl2F3N8O4/c1-47-30-26(32(50)48(2)34(47)51)29(45-33(46-30)35(38,39)40)43-22-9-5-7-19(28(22)37)18-6-4-8-20(27(18)36)23-14-16-10-12-21(25(16)31(44-23)52-3)41-15-17-11-13-24(49)42-17/h4-9,14,17,21,41H,10-13,15H2,1-3H3,(H,42,49)(H,43,45,46)/t17-,21?/m0/s1. The number of halogens is 5. The molecule has 17 heteroatoms. The molecular weight excluding hydrogens is 724 g/mol. The zero-order valence-corrected chi connectivity index (χ0v) is 29.5. The predicted octanol–water partition coefficient (Wildman–Crippen LogP) is 5.69. The maximum Gasteiger partial charge on any atom is 0.451 e. The molecule has 2 atom stereocenters. The van der Waals surface area contributed by atoms with Gasteiger partial charge in [0.15, 0.2) is 5.65 Å². The van der Waals surface area contributed by atoms with Crippen LogP contribution in [0.15, 0.2) is 52.1 Å². The van der Waals surface area contributed by atoms with Gasteiger partial charge in [0, 0.05) is 61.4 Å². The highest BCUT2D eigenvalue weighted by Crippen LogP contribution is 2.44. The van der Waals surface area contributed by atoms with E-state index in [4.69, 9.17) is 32.9 Å². The molecular formula is C35H31Cl2F3N8O4. The Morgan fingerprint density at radius 1 is 0.942 bits per heavy atom. The Labute approximate surface area is 304 Å². The smallest absolute Gasteiger partial charge is 0.451 e. The quantitative estimate of drug-likeness (QED) is 0.182. The Balaban J connectivity index is 1.25. The minimum Gasteiger partial charge on any atom is -0.481 e. The first-order chi connectivity index (χ1) is 24.8. The lowest BCUT2D eigenvalue weighted by Gasteiger charge is -2.20. The van der Waals surface area contributed by atoms with Crippen molar-refractivity contribution in [1.82, 2.24) is 34.7 Å². The van der Waals surface area contributed by atoms with E-state index in [0.717, 1.165) is 39.5 Å². The first-order valence-corrected chi connectivity index (χ1v) is 17.0. The van der Waals surface area contributed by atoms with Gasteiger partial charge in [-0.15, -0.1) is 0 Å². The third-order valence-corrected chi connectivity index (χ3v) is 10.2.